The average molecular weight is 476 g/mol. The van der Waals surface area contributed by atoms with Crippen LogP contribution in [0.15, 0.2) is 71.6 Å². The van der Waals surface area contributed by atoms with Crippen molar-refractivity contribution >= 4 is 21.8 Å². The largest absolute Gasteiger partial charge is 0.417 e. The average Bonchev–Trinajstić information content (AvgIpc) is 2.86. The Morgan fingerprint density at radius 2 is 1.65 bits per heavy atom. The summed E-state index contributed by atoms with van der Waals surface area (Å²) in [5.41, 5.74) is 3.59. The molecule has 174 valence electrons. The third-order valence-corrected chi connectivity index (χ3v) is 7.78. The Hall–Kier alpha value is -3.67. The zero-order chi connectivity index (χ0) is 24.1. The summed E-state index contributed by atoms with van der Waals surface area (Å²) in [7, 11) is -3.53. The predicted octanol–water partition coefficient (Wildman–Crippen LogP) is 5.32. The number of carbonyl (C=O) groups excluding carboxylic acids is 1. The lowest BCUT2D eigenvalue weighted by Crippen LogP contribution is -2.35. The van der Waals surface area contributed by atoms with Crippen LogP contribution in [0.4, 0.5) is 10.5 Å². The molecule has 3 aromatic carbocycles. The number of hydrogen-bond donors (Lipinski definition) is 1. The fraction of sp³-hybridized carbons (Fsp3) is 0.231. The van der Waals surface area contributed by atoms with E-state index in [0.717, 1.165) is 36.0 Å². The van der Waals surface area contributed by atoms with E-state index in [1.165, 1.54) is 16.4 Å². The van der Waals surface area contributed by atoms with E-state index in [2.05, 4.69) is 11.4 Å². The van der Waals surface area contributed by atoms with Gasteiger partial charge in [0.25, 0.3) is 0 Å². The van der Waals surface area contributed by atoms with Crippen LogP contribution in [-0.2, 0) is 10.0 Å². The third kappa shape index (κ3) is 5.11. The second-order valence-corrected chi connectivity index (χ2v) is 10.1. The van der Waals surface area contributed by atoms with E-state index in [1.54, 1.807) is 36.4 Å². The van der Waals surface area contributed by atoms with E-state index in [9.17, 15) is 13.2 Å². The fourth-order valence-electron chi connectivity index (χ4n) is 3.97. The molecule has 7 nitrogen and oxygen atoms in total. The predicted molar refractivity (Wildman–Crippen MR) is 130 cm³/mol. The Morgan fingerprint density at radius 3 is 2.29 bits per heavy atom. The molecule has 8 heteroatoms. The van der Waals surface area contributed by atoms with Gasteiger partial charge >= 0.3 is 6.09 Å². The maximum absolute atomic E-state index is 12.8. The minimum Gasteiger partial charge on any atom is -0.410 e. The molecule has 0 atom stereocenters. The summed E-state index contributed by atoms with van der Waals surface area (Å²) in [5, 5.41) is 11.6. The zero-order valence-corrected chi connectivity index (χ0v) is 19.6. The minimum absolute atomic E-state index is 0.208. The van der Waals surface area contributed by atoms with Crippen molar-refractivity contribution in [3.8, 4) is 22.9 Å². The van der Waals surface area contributed by atoms with Gasteiger partial charge in [-0.15, -0.1) is 0 Å². The number of nitriles is 1. The van der Waals surface area contributed by atoms with Gasteiger partial charge in [-0.05, 0) is 78.9 Å². The molecule has 3 aromatic rings. The molecule has 0 spiro atoms. The molecular weight excluding hydrogens is 450 g/mol. The van der Waals surface area contributed by atoms with Crippen molar-refractivity contribution < 1.29 is 17.9 Å². The summed E-state index contributed by atoms with van der Waals surface area (Å²) in [6.07, 6.45) is 2.12. The van der Waals surface area contributed by atoms with Crippen LogP contribution in [-0.4, -0.2) is 31.9 Å². The van der Waals surface area contributed by atoms with Crippen molar-refractivity contribution in [2.45, 2.75) is 31.1 Å². The van der Waals surface area contributed by atoms with Gasteiger partial charge in [0.2, 0.25) is 10.0 Å². The van der Waals surface area contributed by atoms with Crippen molar-refractivity contribution in [3.63, 3.8) is 0 Å². The van der Waals surface area contributed by atoms with E-state index in [4.69, 9.17) is 10.00 Å². The van der Waals surface area contributed by atoms with Crippen LogP contribution in [0.3, 0.4) is 0 Å². The van der Waals surface area contributed by atoms with Gasteiger partial charge in [0.05, 0.1) is 16.5 Å². The number of amides is 1. The zero-order valence-electron chi connectivity index (χ0n) is 18.8. The molecule has 1 saturated heterocycles. The van der Waals surface area contributed by atoms with Gasteiger partial charge in [-0.1, -0.05) is 30.7 Å². The summed E-state index contributed by atoms with van der Waals surface area (Å²) >= 11 is 0. The second-order valence-electron chi connectivity index (χ2n) is 8.12. The van der Waals surface area contributed by atoms with E-state index >= 15 is 0 Å². The van der Waals surface area contributed by atoms with Crippen LogP contribution in [0, 0.1) is 18.3 Å². The monoisotopic (exact) mass is 475 g/mol. The molecule has 0 aromatic heterocycles. The van der Waals surface area contributed by atoms with Gasteiger partial charge in [-0.2, -0.15) is 9.57 Å². The normalized spacial score (nSPS) is 14.2. The number of anilines is 1. The van der Waals surface area contributed by atoms with Crippen LogP contribution in [0.5, 0.6) is 5.75 Å². The number of carbonyl (C=O) groups is 1. The van der Waals surface area contributed by atoms with Crippen LogP contribution < -0.4 is 10.1 Å². The highest BCUT2D eigenvalue weighted by atomic mass is 32.2. The molecule has 1 heterocycles. The Morgan fingerprint density at radius 1 is 0.971 bits per heavy atom. The summed E-state index contributed by atoms with van der Waals surface area (Å²) in [6, 6.07) is 20.8. The number of nitrogens with zero attached hydrogens (tertiary/aromatic N) is 2. The molecular formula is C26H25N3O4S. The molecule has 34 heavy (non-hydrogen) atoms. The number of rotatable bonds is 5. The van der Waals surface area contributed by atoms with Crippen molar-refractivity contribution in [1.29, 1.82) is 5.26 Å². The van der Waals surface area contributed by atoms with E-state index in [1.807, 2.05) is 25.1 Å². The Labute approximate surface area is 199 Å². The summed E-state index contributed by atoms with van der Waals surface area (Å²) in [6.45, 7) is 2.93. The standard InChI is InChI=1S/C26H25N3O4S/c1-19-24(21-10-8-20(18-27)9-11-21)6-5-7-25(19)33-26(30)28-22-12-14-23(15-13-22)34(31,32)29-16-3-2-4-17-29/h5-15H,2-4,16-17H2,1H3,(H,28,30). The number of nitrogens with one attached hydrogen (secondary N) is 1. The third-order valence-electron chi connectivity index (χ3n) is 5.87. The van der Waals surface area contributed by atoms with Gasteiger partial charge in [0.1, 0.15) is 5.75 Å². The number of ether oxygens (including phenoxy) is 1. The molecule has 1 amide bonds. The maximum atomic E-state index is 12.8. The van der Waals surface area contributed by atoms with Gasteiger partial charge in [0.15, 0.2) is 0 Å². The first-order valence-corrected chi connectivity index (χ1v) is 12.5. The number of hydrogen-bond acceptors (Lipinski definition) is 5. The highest BCUT2D eigenvalue weighted by Gasteiger charge is 2.25. The van der Waals surface area contributed by atoms with Crippen LogP contribution in [0.1, 0.15) is 30.4 Å². The number of sulfonamides is 1. The van der Waals surface area contributed by atoms with Gasteiger partial charge in [-0.25, -0.2) is 13.2 Å². The molecule has 1 aliphatic heterocycles. The molecule has 0 bridgehead atoms. The highest BCUT2D eigenvalue weighted by Crippen LogP contribution is 2.30. The van der Waals surface area contributed by atoms with Gasteiger partial charge < -0.3 is 4.74 Å². The van der Waals surface area contributed by atoms with Crippen LogP contribution in [0.25, 0.3) is 11.1 Å². The lowest BCUT2D eigenvalue weighted by Gasteiger charge is -2.25. The van der Waals surface area contributed by atoms with Crippen molar-refractivity contribution in [3.05, 3.63) is 77.9 Å². The molecule has 0 saturated carbocycles. The quantitative estimate of drug-likeness (QED) is 0.538. The maximum Gasteiger partial charge on any atom is 0.417 e. The van der Waals surface area contributed by atoms with Crippen molar-refractivity contribution in [2.24, 2.45) is 0 Å². The second kappa shape index (κ2) is 10.1. The van der Waals surface area contributed by atoms with Gasteiger partial charge in [0, 0.05) is 18.8 Å². The number of piperidine rings is 1. The van der Waals surface area contributed by atoms with Crippen LogP contribution in [0.2, 0.25) is 0 Å². The lowest BCUT2D eigenvalue weighted by molar-refractivity contribution is 0.215. The molecule has 0 unspecified atom stereocenters. The SMILES string of the molecule is Cc1c(OC(=O)Nc2ccc(S(=O)(=O)N3CCCCC3)cc2)cccc1-c1ccc(C#N)cc1. The summed E-state index contributed by atoms with van der Waals surface area (Å²) < 4.78 is 32.6. The topological polar surface area (TPSA) is 99.5 Å². The Bertz CT molecular complexity index is 1320. The van der Waals surface area contributed by atoms with Crippen LogP contribution >= 0.6 is 0 Å². The van der Waals surface area contributed by atoms with E-state index in [0.29, 0.717) is 30.1 Å². The number of benzene rings is 3. The molecule has 1 aliphatic rings. The molecule has 0 aliphatic carbocycles. The molecule has 0 radical (unpaired) electrons. The van der Waals surface area contributed by atoms with Crippen molar-refractivity contribution in [1.82, 2.24) is 4.31 Å². The fourth-order valence-corrected chi connectivity index (χ4v) is 5.49. The smallest absolute Gasteiger partial charge is 0.410 e. The van der Waals surface area contributed by atoms with Crippen molar-refractivity contribution in [2.75, 3.05) is 18.4 Å². The first-order valence-electron chi connectivity index (χ1n) is 11.1. The Balaban J connectivity index is 1.44. The van der Waals surface area contributed by atoms with E-state index in [-0.39, 0.29) is 4.90 Å². The Kier molecular flexibility index (Phi) is 6.96. The molecule has 4 rings (SSSR count). The summed E-state index contributed by atoms with van der Waals surface area (Å²) in [4.78, 5) is 12.7. The lowest BCUT2D eigenvalue weighted by atomic mass is 9.99. The van der Waals surface area contributed by atoms with E-state index < -0.39 is 16.1 Å². The summed E-state index contributed by atoms with van der Waals surface area (Å²) in [5.74, 6) is 0.406. The molecule has 1 fully saturated rings. The minimum atomic E-state index is -3.53. The first-order chi connectivity index (χ1) is 16.4. The first kappa shape index (κ1) is 23.5. The highest BCUT2D eigenvalue weighted by molar-refractivity contribution is 7.89. The molecule has 1 N–H and O–H groups in total. The van der Waals surface area contributed by atoms with Gasteiger partial charge in [-0.3, -0.25) is 5.32 Å².